The van der Waals surface area contributed by atoms with Gasteiger partial charge in [-0.05, 0) is 79.6 Å². The van der Waals surface area contributed by atoms with Crippen LogP contribution in [0.2, 0.25) is 0 Å². The number of anilines is 2. The number of hydrogen-bond acceptors (Lipinski definition) is 7. The number of ether oxygens (including phenoxy) is 1. The summed E-state index contributed by atoms with van der Waals surface area (Å²) in [5.74, 6) is 1.05. The highest BCUT2D eigenvalue weighted by Gasteiger charge is 2.31. The molecular weight excluding hydrogens is 478 g/mol. The largest absolute Gasteiger partial charge is 0.381 e. The van der Waals surface area contributed by atoms with Crippen molar-refractivity contribution in [3.8, 4) is 11.3 Å². The number of fused-ring (bicyclic) bond motifs is 8. The van der Waals surface area contributed by atoms with E-state index in [4.69, 9.17) is 9.72 Å². The van der Waals surface area contributed by atoms with E-state index < -0.39 is 0 Å². The monoisotopic (exact) mass is 511 g/mol. The van der Waals surface area contributed by atoms with Crippen LogP contribution >= 0.6 is 0 Å². The highest BCUT2D eigenvalue weighted by Crippen LogP contribution is 2.29. The zero-order valence-corrected chi connectivity index (χ0v) is 21.5. The maximum atomic E-state index is 13.5. The second-order valence-electron chi connectivity index (χ2n) is 10.5. The highest BCUT2D eigenvalue weighted by molar-refractivity contribution is 5.98. The Morgan fingerprint density at radius 2 is 1.97 bits per heavy atom. The number of hydrogen-bond donors (Lipinski definition) is 2. The van der Waals surface area contributed by atoms with Crippen molar-refractivity contribution in [1.82, 2.24) is 20.2 Å². The third-order valence-electron chi connectivity index (χ3n) is 7.86. The minimum absolute atomic E-state index is 0.0358. The van der Waals surface area contributed by atoms with Gasteiger partial charge in [0, 0.05) is 55.7 Å². The van der Waals surface area contributed by atoms with Crippen LogP contribution in [0.1, 0.15) is 53.6 Å². The van der Waals surface area contributed by atoms with Crippen LogP contribution in [0.4, 0.5) is 11.6 Å². The van der Waals surface area contributed by atoms with Crippen LogP contribution in [-0.4, -0.2) is 52.4 Å². The SMILES string of the molecule is O=C(CC1CCOCC1)c1ccc2cc1CN1CCC[C@H]1C(=O)NCc1cccc(c1)-c1ccnc(n1)N2. The van der Waals surface area contributed by atoms with Crippen molar-refractivity contribution >= 4 is 23.3 Å². The molecular formula is C30H33N5O3. The maximum Gasteiger partial charge on any atom is 0.237 e. The highest BCUT2D eigenvalue weighted by atomic mass is 16.5. The molecule has 0 spiro atoms. The molecule has 0 radical (unpaired) electrons. The van der Waals surface area contributed by atoms with Gasteiger partial charge in [-0.1, -0.05) is 18.2 Å². The summed E-state index contributed by atoms with van der Waals surface area (Å²) < 4.78 is 5.48. The van der Waals surface area contributed by atoms with Crippen LogP contribution in [0.3, 0.4) is 0 Å². The average Bonchev–Trinajstić information content (AvgIpc) is 3.40. The molecule has 3 aromatic rings. The Hall–Kier alpha value is -3.62. The van der Waals surface area contributed by atoms with Crippen molar-refractivity contribution in [2.75, 3.05) is 25.1 Å². The number of rotatable bonds is 3. The summed E-state index contributed by atoms with van der Waals surface area (Å²) in [4.78, 5) is 38.1. The van der Waals surface area contributed by atoms with Crippen molar-refractivity contribution in [3.63, 3.8) is 0 Å². The molecule has 196 valence electrons. The van der Waals surface area contributed by atoms with Crippen LogP contribution < -0.4 is 10.6 Å². The van der Waals surface area contributed by atoms with Crippen molar-refractivity contribution in [2.45, 2.75) is 51.2 Å². The fraction of sp³-hybridized carbons (Fsp3) is 0.400. The predicted octanol–water partition coefficient (Wildman–Crippen LogP) is 4.48. The molecule has 3 aliphatic rings. The molecule has 1 amide bonds. The first-order valence-electron chi connectivity index (χ1n) is 13.6. The van der Waals surface area contributed by atoms with Crippen LogP contribution in [0.5, 0.6) is 0 Å². The zero-order chi connectivity index (χ0) is 25.9. The van der Waals surface area contributed by atoms with Gasteiger partial charge in [-0.2, -0.15) is 0 Å². The number of Topliss-reactive ketones (excluding diaryl/α,β-unsaturated/α-hetero) is 1. The summed E-state index contributed by atoms with van der Waals surface area (Å²) in [7, 11) is 0. The molecule has 8 nitrogen and oxygen atoms in total. The first kappa shape index (κ1) is 24.7. The van der Waals surface area contributed by atoms with Crippen LogP contribution in [0.15, 0.2) is 54.7 Å². The third-order valence-corrected chi connectivity index (χ3v) is 7.86. The molecule has 3 aliphatic heterocycles. The van der Waals surface area contributed by atoms with E-state index in [1.807, 2.05) is 42.5 Å². The Balaban J connectivity index is 1.36. The van der Waals surface area contributed by atoms with E-state index in [9.17, 15) is 9.59 Å². The zero-order valence-electron chi connectivity index (χ0n) is 21.5. The summed E-state index contributed by atoms with van der Waals surface area (Å²) in [6.45, 7) is 3.27. The molecule has 0 saturated carbocycles. The van der Waals surface area contributed by atoms with Gasteiger partial charge in [0.25, 0.3) is 0 Å². The standard InChI is InChI=1S/C30H33N5O3/c36-28(16-20-9-13-38-14-10-20)25-7-6-24-17-23(25)19-35-12-2-5-27(35)29(37)32-18-21-3-1-4-22(15-21)26-8-11-31-30(33-24)34-26/h1,3-4,6-8,11,15,17,20,27H,2,5,9-10,12-14,16,18-19H2,(H,32,37)(H,31,33,34)/t27-/m0/s1. The normalized spacial score (nSPS) is 20.3. The summed E-state index contributed by atoms with van der Waals surface area (Å²) in [6.07, 6.45) is 5.87. The minimum Gasteiger partial charge on any atom is -0.381 e. The molecule has 2 fully saturated rings. The number of amides is 1. The van der Waals surface area contributed by atoms with E-state index >= 15 is 0 Å². The van der Waals surface area contributed by atoms with E-state index in [-0.39, 0.29) is 17.7 Å². The van der Waals surface area contributed by atoms with Gasteiger partial charge in [-0.15, -0.1) is 0 Å². The third kappa shape index (κ3) is 5.47. The lowest BCUT2D eigenvalue weighted by molar-refractivity contribution is -0.125. The Morgan fingerprint density at radius 3 is 2.87 bits per heavy atom. The van der Waals surface area contributed by atoms with Gasteiger partial charge >= 0.3 is 0 Å². The molecule has 0 aliphatic carbocycles. The number of ketones is 1. The molecule has 8 heteroatoms. The Morgan fingerprint density at radius 1 is 1.08 bits per heavy atom. The van der Waals surface area contributed by atoms with E-state index in [1.165, 1.54) is 0 Å². The van der Waals surface area contributed by atoms with E-state index in [0.717, 1.165) is 79.1 Å². The number of benzene rings is 2. The molecule has 2 aromatic carbocycles. The molecule has 0 unspecified atom stereocenters. The number of nitrogens with zero attached hydrogens (tertiary/aromatic N) is 3. The summed E-state index contributed by atoms with van der Waals surface area (Å²) in [5.41, 5.74) is 5.27. The molecule has 2 saturated heterocycles. The number of carbonyl (C=O) groups is 2. The van der Waals surface area contributed by atoms with Crippen molar-refractivity contribution in [3.05, 3.63) is 71.4 Å². The smallest absolute Gasteiger partial charge is 0.237 e. The van der Waals surface area contributed by atoms with Crippen LogP contribution in [0.25, 0.3) is 11.3 Å². The van der Waals surface area contributed by atoms with E-state index in [0.29, 0.717) is 31.4 Å². The fourth-order valence-corrected chi connectivity index (χ4v) is 5.78. The van der Waals surface area contributed by atoms with Gasteiger partial charge in [0.05, 0.1) is 11.7 Å². The van der Waals surface area contributed by atoms with Gasteiger partial charge < -0.3 is 15.4 Å². The lowest BCUT2D eigenvalue weighted by Gasteiger charge is -2.26. The average molecular weight is 512 g/mol. The van der Waals surface area contributed by atoms with Gasteiger partial charge in [0.15, 0.2) is 5.78 Å². The molecule has 1 aromatic heterocycles. The molecule has 38 heavy (non-hydrogen) atoms. The molecule has 6 rings (SSSR count). The molecule has 2 N–H and O–H groups in total. The summed E-state index contributed by atoms with van der Waals surface area (Å²) in [5, 5.41) is 6.49. The van der Waals surface area contributed by atoms with Crippen LogP contribution in [-0.2, 0) is 22.6 Å². The topological polar surface area (TPSA) is 96.5 Å². The van der Waals surface area contributed by atoms with Crippen LogP contribution in [0, 0.1) is 5.92 Å². The van der Waals surface area contributed by atoms with E-state index in [2.05, 4.69) is 26.6 Å². The predicted molar refractivity (Wildman–Crippen MR) is 145 cm³/mol. The molecule has 1 atom stereocenters. The molecule has 6 bridgehead atoms. The summed E-state index contributed by atoms with van der Waals surface area (Å²) in [6, 6.07) is 15.6. The van der Waals surface area contributed by atoms with Crippen molar-refractivity contribution in [2.24, 2.45) is 5.92 Å². The van der Waals surface area contributed by atoms with Crippen molar-refractivity contribution in [1.29, 1.82) is 0 Å². The number of carbonyl (C=O) groups excluding carboxylic acids is 2. The van der Waals surface area contributed by atoms with Gasteiger partial charge in [-0.25, -0.2) is 9.97 Å². The quantitative estimate of drug-likeness (QED) is 0.501. The lowest BCUT2D eigenvalue weighted by atomic mass is 9.90. The van der Waals surface area contributed by atoms with E-state index in [1.54, 1.807) is 6.20 Å². The Labute approximate surface area is 222 Å². The van der Waals surface area contributed by atoms with Gasteiger partial charge in [0.2, 0.25) is 11.9 Å². The number of aromatic nitrogens is 2. The van der Waals surface area contributed by atoms with Gasteiger partial charge in [0.1, 0.15) is 0 Å². The molecule has 4 heterocycles. The van der Waals surface area contributed by atoms with Crippen molar-refractivity contribution < 1.29 is 14.3 Å². The first-order valence-corrected chi connectivity index (χ1v) is 13.6. The minimum atomic E-state index is -0.211. The second kappa shape index (κ2) is 11.0. The second-order valence-corrected chi connectivity index (χ2v) is 10.5. The summed E-state index contributed by atoms with van der Waals surface area (Å²) >= 11 is 0. The maximum absolute atomic E-state index is 13.5. The fourth-order valence-electron chi connectivity index (χ4n) is 5.78. The lowest BCUT2D eigenvalue weighted by Crippen LogP contribution is -2.42. The Bertz CT molecular complexity index is 1340. The van der Waals surface area contributed by atoms with Gasteiger partial charge in [-0.3, -0.25) is 14.5 Å². The Kier molecular flexibility index (Phi) is 7.16. The number of nitrogens with one attached hydrogen (secondary N) is 2. The first-order chi connectivity index (χ1) is 18.6.